The van der Waals surface area contributed by atoms with E-state index >= 15 is 0 Å². The van der Waals surface area contributed by atoms with Gasteiger partial charge in [0.25, 0.3) is 0 Å². The molecule has 0 aromatic rings. The predicted octanol–water partition coefficient (Wildman–Crippen LogP) is 1.17. The number of nitrogens with two attached hydrogens (primary N) is 1. The van der Waals surface area contributed by atoms with Crippen LogP contribution < -0.4 is 5.73 Å². The largest absolute Gasteiger partial charge is 0.480 e. The Hall–Kier alpha value is -0.640. The fourth-order valence-corrected chi connectivity index (χ4v) is 1.00. The second-order valence-corrected chi connectivity index (χ2v) is 3.29. The van der Waals surface area contributed by atoms with Crippen molar-refractivity contribution in [3.05, 3.63) is 0 Å². The molecule has 4 heteroatoms. The first-order valence-electron chi connectivity index (χ1n) is 4.03. The van der Waals surface area contributed by atoms with Crippen molar-refractivity contribution < 1.29 is 14.3 Å². The molecule has 0 aromatic heterocycles. The molecule has 0 aliphatic carbocycles. The summed E-state index contributed by atoms with van der Waals surface area (Å²) in [7, 11) is 0. The average molecular weight is 177 g/mol. The highest BCUT2D eigenvalue weighted by molar-refractivity contribution is 5.78. The van der Waals surface area contributed by atoms with Crippen LogP contribution in [0.5, 0.6) is 0 Å². The Morgan fingerprint density at radius 1 is 1.67 bits per heavy atom. The van der Waals surface area contributed by atoms with Gasteiger partial charge in [-0.3, -0.25) is 9.18 Å². The summed E-state index contributed by atoms with van der Waals surface area (Å²) in [6, 6.07) is 0. The summed E-state index contributed by atoms with van der Waals surface area (Å²) in [5.74, 6) is -1.23. The first-order valence-corrected chi connectivity index (χ1v) is 4.03. The highest BCUT2D eigenvalue weighted by Crippen LogP contribution is 2.20. The van der Waals surface area contributed by atoms with Gasteiger partial charge in [0.15, 0.2) is 0 Å². The summed E-state index contributed by atoms with van der Waals surface area (Å²) in [5.41, 5.74) is 4.33. The minimum absolute atomic E-state index is 0.179. The second-order valence-electron chi connectivity index (χ2n) is 3.29. The smallest absolute Gasteiger partial charge is 0.323 e. The van der Waals surface area contributed by atoms with Crippen LogP contribution in [0.4, 0.5) is 4.39 Å². The molecule has 12 heavy (non-hydrogen) atoms. The first kappa shape index (κ1) is 11.4. The lowest BCUT2D eigenvalue weighted by atomic mass is 9.83. The van der Waals surface area contributed by atoms with Crippen molar-refractivity contribution in [1.29, 1.82) is 0 Å². The van der Waals surface area contributed by atoms with Crippen LogP contribution >= 0.6 is 0 Å². The van der Waals surface area contributed by atoms with Gasteiger partial charge in [-0.1, -0.05) is 13.8 Å². The second kappa shape index (κ2) is 4.40. The average Bonchev–Trinajstić information content (AvgIpc) is 1.99. The van der Waals surface area contributed by atoms with Gasteiger partial charge in [-0.25, -0.2) is 0 Å². The number of carbonyl (C=O) groups is 1. The number of hydrogen-bond acceptors (Lipinski definition) is 2. The van der Waals surface area contributed by atoms with E-state index in [9.17, 15) is 9.18 Å². The number of carboxylic acids is 1. The molecule has 0 aliphatic rings. The van der Waals surface area contributed by atoms with Gasteiger partial charge < -0.3 is 10.8 Å². The lowest BCUT2D eigenvalue weighted by Gasteiger charge is -2.28. The predicted molar refractivity (Wildman–Crippen MR) is 44.6 cm³/mol. The molecule has 0 saturated carbocycles. The van der Waals surface area contributed by atoms with E-state index in [4.69, 9.17) is 10.8 Å². The number of aliphatic carboxylic acids is 1. The fourth-order valence-electron chi connectivity index (χ4n) is 1.00. The molecule has 1 atom stereocenters. The highest BCUT2D eigenvalue weighted by Gasteiger charge is 2.36. The number of carboxylic acid groups (broad SMARTS) is 1. The number of alkyl halides is 1. The van der Waals surface area contributed by atoms with E-state index in [0.717, 1.165) is 0 Å². The molecule has 3 nitrogen and oxygen atoms in total. The first-order chi connectivity index (χ1) is 5.45. The quantitative estimate of drug-likeness (QED) is 0.662. The zero-order valence-corrected chi connectivity index (χ0v) is 7.51. The molecule has 0 heterocycles. The zero-order valence-electron chi connectivity index (χ0n) is 7.51. The monoisotopic (exact) mass is 177 g/mol. The third-order valence-corrected chi connectivity index (χ3v) is 2.15. The van der Waals surface area contributed by atoms with E-state index < -0.39 is 18.2 Å². The van der Waals surface area contributed by atoms with Crippen molar-refractivity contribution in [2.75, 3.05) is 6.67 Å². The standard InChI is InChI=1S/C8H16FNO2/c1-6(2)8(10,7(11)12)4-3-5-9/h6H,3-5,10H2,1-2H3,(H,11,12)/t8-/m1/s1. The van der Waals surface area contributed by atoms with E-state index in [1.165, 1.54) is 0 Å². The van der Waals surface area contributed by atoms with Gasteiger partial charge in [0.2, 0.25) is 0 Å². The molecule has 0 rings (SSSR count). The molecular weight excluding hydrogens is 161 g/mol. The normalized spacial score (nSPS) is 16.1. The molecule has 0 amide bonds. The van der Waals surface area contributed by atoms with Gasteiger partial charge in [0.05, 0.1) is 6.67 Å². The van der Waals surface area contributed by atoms with Crippen LogP contribution in [0.3, 0.4) is 0 Å². The van der Waals surface area contributed by atoms with Gasteiger partial charge in [-0.2, -0.15) is 0 Å². The minimum atomic E-state index is -1.27. The van der Waals surface area contributed by atoms with Crippen LogP contribution in [-0.4, -0.2) is 23.3 Å². The van der Waals surface area contributed by atoms with Crippen LogP contribution in [-0.2, 0) is 4.79 Å². The van der Waals surface area contributed by atoms with Crippen LogP contribution in [0.1, 0.15) is 26.7 Å². The summed E-state index contributed by atoms with van der Waals surface area (Å²) >= 11 is 0. The van der Waals surface area contributed by atoms with Gasteiger partial charge in [0, 0.05) is 0 Å². The molecule has 3 N–H and O–H groups in total. The number of hydrogen-bond donors (Lipinski definition) is 2. The molecule has 0 saturated heterocycles. The van der Waals surface area contributed by atoms with Crippen molar-refractivity contribution >= 4 is 5.97 Å². The molecule has 72 valence electrons. The topological polar surface area (TPSA) is 63.3 Å². The maximum atomic E-state index is 11.8. The van der Waals surface area contributed by atoms with Gasteiger partial charge in [-0.05, 0) is 18.8 Å². The highest BCUT2D eigenvalue weighted by atomic mass is 19.1. The Labute approximate surface area is 71.8 Å². The minimum Gasteiger partial charge on any atom is -0.480 e. The van der Waals surface area contributed by atoms with E-state index in [2.05, 4.69) is 0 Å². The van der Waals surface area contributed by atoms with Crippen molar-refractivity contribution in [1.82, 2.24) is 0 Å². The maximum Gasteiger partial charge on any atom is 0.323 e. The van der Waals surface area contributed by atoms with Crippen molar-refractivity contribution in [2.24, 2.45) is 11.7 Å². The Morgan fingerprint density at radius 2 is 2.17 bits per heavy atom. The summed E-state index contributed by atoms with van der Waals surface area (Å²) < 4.78 is 11.8. The Bertz CT molecular complexity index is 161. The van der Waals surface area contributed by atoms with Crippen LogP contribution in [0, 0.1) is 5.92 Å². The van der Waals surface area contributed by atoms with E-state index in [1.54, 1.807) is 13.8 Å². The number of halogens is 1. The van der Waals surface area contributed by atoms with Crippen LogP contribution in [0.25, 0.3) is 0 Å². The third-order valence-electron chi connectivity index (χ3n) is 2.15. The summed E-state index contributed by atoms with van der Waals surface area (Å²) in [4.78, 5) is 10.7. The Balaban J connectivity index is 4.29. The number of rotatable bonds is 5. The lowest BCUT2D eigenvalue weighted by Crippen LogP contribution is -2.52. The summed E-state index contributed by atoms with van der Waals surface area (Å²) in [5, 5.41) is 8.78. The van der Waals surface area contributed by atoms with E-state index in [1.807, 2.05) is 0 Å². The zero-order chi connectivity index (χ0) is 9.78. The molecule has 0 spiro atoms. The molecule has 0 bridgehead atoms. The Kier molecular flexibility index (Phi) is 4.17. The third kappa shape index (κ3) is 2.44. The van der Waals surface area contributed by atoms with Gasteiger partial charge in [0.1, 0.15) is 5.54 Å². The van der Waals surface area contributed by atoms with Gasteiger partial charge in [-0.15, -0.1) is 0 Å². The molecular formula is C8H16FNO2. The summed E-state index contributed by atoms with van der Waals surface area (Å²) in [6.45, 7) is 2.94. The van der Waals surface area contributed by atoms with Gasteiger partial charge >= 0.3 is 5.97 Å². The molecule has 0 aliphatic heterocycles. The lowest BCUT2D eigenvalue weighted by molar-refractivity contribution is -0.145. The van der Waals surface area contributed by atoms with Crippen LogP contribution in [0.15, 0.2) is 0 Å². The van der Waals surface area contributed by atoms with E-state index in [0.29, 0.717) is 0 Å². The van der Waals surface area contributed by atoms with Crippen LogP contribution in [0.2, 0.25) is 0 Å². The van der Waals surface area contributed by atoms with E-state index in [-0.39, 0.29) is 18.8 Å². The molecule has 0 aromatic carbocycles. The molecule has 0 radical (unpaired) electrons. The molecule has 0 unspecified atom stereocenters. The molecule has 0 fully saturated rings. The summed E-state index contributed by atoms with van der Waals surface area (Å²) in [6.07, 6.45) is 0.400. The van der Waals surface area contributed by atoms with Crippen molar-refractivity contribution in [3.63, 3.8) is 0 Å². The van der Waals surface area contributed by atoms with Crippen molar-refractivity contribution in [2.45, 2.75) is 32.2 Å². The SMILES string of the molecule is CC(C)[C@](N)(CCCF)C(=O)O. The van der Waals surface area contributed by atoms with Crippen molar-refractivity contribution in [3.8, 4) is 0 Å². The maximum absolute atomic E-state index is 11.8. The fraction of sp³-hybridized carbons (Fsp3) is 0.875. The Morgan fingerprint density at radius 3 is 2.42 bits per heavy atom.